The second kappa shape index (κ2) is 5.97. The van der Waals surface area contributed by atoms with E-state index >= 15 is 0 Å². The van der Waals surface area contributed by atoms with Gasteiger partial charge in [-0.25, -0.2) is 0 Å². The molecule has 134 valence electrons. The summed E-state index contributed by atoms with van der Waals surface area (Å²) in [7, 11) is 0. The maximum Gasteiger partial charge on any atom is 0.451 e. The summed E-state index contributed by atoms with van der Waals surface area (Å²) < 4.78 is 44.8. The van der Waals surface area contributed by atoms with Crippen molar-refractivity contribution in [2.24, 2.45) is 0 Å². The Bertz CT molecular complexity index is 948. The zero-order valence-electron chi connectivity index (χ0n) is 13.3. The smallest absolute Gasteiger partial charge is 0.355 e. The summed E-state index contributed by atoms with van der Waals surface area (Å²) in [5, 5.41) is 10.5. The molecule has 1 aliphatic heterocycles. The third kappa shape index (κ3) is 2.83. The molecule has 0 bridgehead atoms. The SMILES string of the molecule is O=C(c1cc(-c2ccccc2)on1)N1CCn2c(nnc2C(F)(F)F)C1. The van der Waals surface area contributed by atoms with E-state index in [1.807, 2.05) is 30.3 Å². The van der Waals surface area contributed by atoms with Crippen LogP contribution in [0.2, 0.25) is 0 Å². The second-order valence-electron chi connectivity index (χ2n) is 5.76. The lowest BCUT2D eigenvalue weighted by Gasteiger charge is -2.27. The number of benzene rings is 1. The molecule has 1 aromatic carbocycles. The fourth-order valence-electron chi connectivity index (χ4n) is 2.82. The molecule has 7 nitrogen and oxygen atoms in total. The van der Waals surface area contributed by atoms with Crippen LogP contribution in [0.25, 0.3) is 11.3 Å². The van der Waals surface area contributed by atoms with Crippen molar-refractivity contribution >= 4 is 5.91 Å². The van der Waals surface area contributed by atoms with Crippen LogP contribution < -0.4 is 0 Å². The molecular formula is C16H12F3N5O2. The fourth-order valence-corrected chi connectivity index (χ4v) is 2.82. The Balaban J connectivity index is 1.54. The van der Waals surface area contributed by atoms with E-state index in [4.69, 9.17) is 4.52 Å². The Morgan fingerprint density at radius 1 is 1.12 bits per heavy atom. The Labute approximate surface area is 145 Å². The van der Waals surface area contributed by atoms with Gasteiger partial charge in [0.25, 0.3) is 5.91 Å². The number of rotatable bonds is 2. The average Bonchev–Trinajstić information content (AvgIpc) is 3.28. The Morgan fingerprint density at radius 2 is 1.88 bits per heavy atom. The third-order valence-corrected chi connectivity index (χ3v) is 4.08. The number of halogens is 3. The van der Waals surface area contributed by atoms with Gasteiger partial charge in [-0.3, -0.25) is 4.79 Å². The number of hydrogen-bond donors (Lipinski definition) is 0. The van der Waals surface area contributed by atoms with Crippen LogP contribution in [0.1, 0.15) is 22.1 Å². The van der Waals surface area contributed by atoms with Crippen LogP contribution in [0.4, 0.5) is 13.2 Å². The van der Waals surface area contributed by atoms with Crippen molar-refractivity contribution in [3.05, 3.63) is 53.7 Å². The number of alkyl halides is 3. The van der Waals surface area contributed by atoms with E-state index in [1.54, 1.807) is 0 Å². The summed E-state index contributed by atoms with van der Waals surface area (Å²) in [4.78, 5) is 14.0. The quantitative estimate of drug-likeness (QED) is 0.700. The number of carbonyl (C=O) groups excluding carboxylic acids is 1. The standard InChI is InChI=1S/C16H12F3N5O2/c17-16(18,19)15-21-20-13-9-23(6-7-24(13)15)14(25)11-8-12(26-22-11)10-4-2-1-3-5-10/h1-5,8H,6-7,9H2. The van der Waals surface area contributed by atoms with Crippen LogP contribution in [-0.2, 0) is 19.3 Å². The van der Waals surface area contributed by atoms with E-state index in [9.17, 15) is 18.0 Å². The lowest BCUT2D eigenvalue weighted by Crippen LogP contribution is -2.39. The topological polar surface area (TPSA) is 77.0 Å². The molecule has 0 N–H and O–H groups in total. The van der Waals surface area contributed by atoms with Gasteiger partial charge in [0.2, 0.25) is 5.82 Å². The van der Waals surface area contributed by atoms with Gasteiger partial charge < -0.3 is 14.0 Å². The highest BCUT2D eigenvalue weighted by molar-refractivity contribution is 5.93. The number of fused-ring (bicyclic) bond motifs is 1. The lowest BCUT2D eigenvalue weighted by atomic mass is 10.1. The summed E-state index contributed by atoms with van der Waals surface area (Å²) >= 11 is 0. The molecular weight excluding hydrogens is 351 g/mol. The summed E-state index contributed by atoms with van der Waals surface area (Å²) in [5.74, 6) is -0.955. The highest BCUT2D eigenvalue weighted by Gasteiger charge is 2.40. The van der Waals surface area contributed by atoms with Gasteiger partial charge in [-0.15, -0.1) is 10.2 Å². The minimum Gasteiger partial charge on any atom is -0.355 e. The first-order valence-electron chi connectivity index (χ1n) is 7.74. The molecule has 26 heavy (non-hydrogen) atoms. The van der Waals surface area contributed by atoms with E-state index in [0.717, 1.165) is 10.1 Å². The number of nitrogens with zero attached hydrogens (tertiary/aromatic N) is 5. The van der Waals surface area contributed by atoms with Crippen LogP contribution in [0.3, 0.4) is 0 Å². The zero-order valence-corrected chi connectivity index (χ0v) is 13.3. The molecule has 3 aromatic rings. The first-order valence-corrected chi connectivity index (χ1v) is 7.74. The van der Waals surface area contributed by atoms with Crippen LogP contribution >= 0.6 is 0 Å². The van der Waals surface area contributed by atoms with Crippen molar-refractivity contribution in [1.29, 1.82) is 0 Å². The van der Waals surface area contributed by atoms with Crippen LogP contribution in [0.15, 0.2) is 40.9 Å². The number of hydrogen-bond acceptors (Lipinski definition) is 5. The maximum absolute atomic E-state index is 12.9. The molecule has 1 aliphatic rings. The largest absolute Gasteiger partial charge is 0.451 e. The van der Waals surface area contributed by atoms with Crippen molar-refractivity contribution in [3.8, 4) is 11.3 Å². The van der Waals surface area contributed by atoms with Crippen molar-refractivity contribution in [2.75, 3.05) is 6.54 Å². The Kier molecular flexibility index (Phi) is 3.74. The first kappa shape index (κ1) is 16.3. The van der Waals surface area contributed by atoms with E-state index in [-0.39, 0.29) is 31.2 Å². The van der Waals surface area contributed by atoms with Crippen LogP contribution in [0, 0.1) is 0 Å². The molecule has 2 aromatic heterocycles. The predicted molar refractivity (Wildman–Crippen MR) is 81.7 cm³/mol. The zero-order chi connectivity index (χ0) is 18.3. The average molecular weight is 363 g/mol. The molecule has 3 heterocycles. The van der Waals surface area contributed by atoms with Crippen LogP contribution in [0.5, 0.6) is 0 Å². The van der Waals surface area contributed by atoms with Gasteiger partial charge in [0.1, 0.15) is 0 Å². The number of amides is 1. The molecule has 0 unspecified atom stereocenters. The van der Waals surface area contributed by atoms with E-state index in [0.29, 0.717) is 5.76 Å². The molecule has 0 radical (unpaired) electrons. The highest BCUT2D eigenvalue weighted by atomic mass is 19.4. The molecule has 0 aliphatic carbocycles. The van der Waals surface area contributed by atoms with E-state index in [2.05, 4.69) is 15.4 Å². The van der Waals surface area contributed by atoms with Crippen molar-refractivity contribution in [2.45, 2.75) is 19.3 Å². The Morgan fingerprint density at radius 3 is 2.62 bits per heavy atom. The lowest BCUT2D eigenvalue weighted by molar-refractivity contribution is -0.147. The van der Waals surface area contributed by atoms with E-state index in [1.165, 1.54) is 11.0 Å². The second-order valence-corrected chi connectivity index (χ2v) is 5.76. The highest BCUT2D eigenvalue weighted by Crippen LogP contribution is 2.29. The Hall–Kier alpha value is -3.17. The summed E-state index contributed by atoms with van der Waals surface area (Å²) in [6.07, 6.45) is -4.58. The molecule has 0 spiro atoms. The molecule has 0 saturated carbocycles. The molecule has 10 heteroatoms. The molecule has 0 fully saturated rings. The van der Waals surface area contributed by atoms with Gasteiger partial charge in [0, 0.05) is 24.7 Å². The van der Waals surface area contributed by atoms with Gasteiger partial charge in [0.15, 0.2) is 17.3 Å². The minimum atomic E-state index is -4.58. The molecule has 0 saturated heterocycles. The van der Waals surface area contributed by atoms with Gasteiger partial charge >= 0.3 is 6.18 Å². The molecule has 0 atom stereocenters. The summed E-state index contributed by atoms with van der Waals surface area (Å²) in [5.41, 5.74) is 0.861. The van der Waals surface area contributed by atoms with Gasteiger partial charge in [0.05, 0.1) is 6.54 Å². The number of aromatic nitrogens is 4. The third-order valence-electron chi connectivity index (χ3n) is 4.08. The minimum absolute atomic E-state index is 0.0354. The first-order chi connectivity index (χ1) is 12.4. The summed E-state index contributed by atoms with van der Waals surface area (Å²) in [6.45, 7) is -0.0117. The summed E-state index contributed by atoms with van der Waals surface area (Å²) in [6, 6.07) is 10.7. The molecule has 1 amide bonds. The van der Waals surface area contributed by atoms with E-state index < -0.39 is 17.9 Å². The van der Waals surface area contributed by atoms with Crippen molar-refractivity contribution in [1.82, 2.24) is 24.8 Å². The van der Waals surface area contributed by atoms with Gasteiger partial charge in [-0.1, -0.05) is 35.5 Å². The molecule has 4 rings (SSSR count). The number of carbonyl (C=O) groups is 1. The van der Waals surface area contributed by atoms with Gasteiger partial charge in [-0.05, 0) is 0 Å². The monoisotopic (exact) mass is 363 g/mol. The normalized spacial score (nSPS) is 14.3. The van der Waals surface area contributed by atoms with Crippen molar-refractivity contribution in [3.63, 3.8) is 0 Å². The maximum atomic E-state index is 12.9. The van der Waals surface area contributed by atoms with Gasteiger partial charge in [-0.2, -0.15) is 13.2 Å². The van der Waals surface area contributed by atoms with Crippen LogP contribution in [-0.4, -0.2) is 37.3 Å². The van der Waals surface area contributed by atoms with Crippen molar-refractivity contribution < 1.29 is 22.5 Å². The predicted octanol–water partition coefficient (Wildman–Crippen LogP) is 2.61. The fraction of sp³-hybridized carbons (Fsp3) is 0.250.